The Labute approximate surface area is 107 Å². The number of carbonyl (C=O) groups excluding carboxylic acids is 1. The summed E-state index contributed by atoms with van der Waals surface area (Å²) in [6.45, 7) is 0.482. The zero-order valence-electron chi connectivity index (χ0n) is 8.41. The first-order valence-electron chi connectivity index (χ1n) is 4.83. The molecule has 0 spiro atoms. The Hall–Kier alpha value is -1.09. The largest absolute Gasteiger partial charge is 0.311 e. The molecule has 1 aliphatic heterocycles. The smallest absolute Gasteiger partial charge is 0.228 e. The van der Waals surface area contributed by atoms with E-state index < -0.39 is 0 Å². The number of terminal acetylenes is 1. The quantitative estimate of drug-likeness (QED) is 0.572. The van der Waals surface area contributed by atoms with Gasteiger partial charge in [0.2, 0.25) is 5.91 Å². The first-order valence-corrected chi connectivity index (χ1v) is 5.91. The molecule has 2 rings (SSSR count). The van der Waals surface area contributed by atoms with Crippen LogP contribution < -0.4 is 4.90 Å². The second-order valence-corrected chi connectivity index (χ2v) is 4.83. The third-order valence-electron chi connectivity index (χ3n) is 2.58. The topological polar surface area (TPSA) is 20.3 Å². The van der Waals surface area contributed by atoms with Gasteiger partial charge in [0, 0.05) is 28.1 Å². The predicted octanol–water partition coefficient (Wildman–Crippen LogP) is 2.42. The molecule has 1 aliphatic rings. The molecular formula is C12H9FINO. The zero-order chi connectivity index (χ0) is 11.7. The molecule has 1 fully saturated rings. The van der Waals surface area contributed by atoms with Crippen LogP contribution in [0.1, 0.15) is 6.42 Å². The SMILES string of the molecule is C#CC1CC(=O)N(c2ccc(I)c(F)c2)C1. The normalized spacial score (nSPS) is 19.9. The van der Waals surface area contributed by atoms with E-state index in [0.717, 1.165) is 0 Å². The van der Waals surface area contributed by atoms with Gasteiger partial charge in [0.25, 0.3) is 0 Å². The molecular weight excluding hydrogens is 320 g/mol. The van der Waals surface area contributed by atoms with Crippen LogP contribution in [0.3, 0.4) is 0 Å². The van der Waals surface area contributed by atoms with Gasteiger partial charge in [-0.1, -0.05) is 0 Å². The van der Waals surface area contributed by atoms with E-state index in [9.17, 15) is 9.18 Å². The molecule has 0 radical (unpaired) electrons. The summed E-state index contributed by atoms with van der Waals surface area (Å²) in [6, 6.07) is 4.77. The summed E-state index contributed by atoms with van der Waals surface area (Å²) in [5, 5.41) is 0. The molecule has 0 N–H and O–H groups in total. The zero-order valence-corrected chi connectivity index (χ0v) is 10.6. The molecule has 1 amide bonds. The number of rotatable bonds is 1. The Morgan fingerprint density at radius 3 is 2.88 bits per heavy atom. The van der Waals surface area contributed by atoms with Crippen LogP contribution in [0.4, 0.5) is 10.1 Å². The molecule has 0 aromatic heterocycles. The molecule has 0 bridgehead atoms. The van der Waals surface area contributed by atoms with Crippen LogP contribution >= 0.6 is 22.6 Å². The van der Waals surface area contributed by atoms with Gasteiger partial charge in [-0.25, -0.2) is 4.39 Å². The van der Waals surface area contributed by atoms with Crippen molar-refractivity contribution in [1.82, 2.24) is 0 Å². The number of halogens is 2. The molecule has 1 heterocycles. The number of carbonyl (C=O) groups is 1. The van der Waals surface area contributed by atoms with E-state index in [2.05, 4.69) is 5.92 Å². The molecule has 0 saturated carbocycles. The van der Waals surface area contributed by atoms with E-state index in [0.29, 0.717) is 22.2 Å². The van der Waals surface area contributed by atoms with E-state index in [1.54, 1.807) is 17.0 Å². The van der Waals surface area contributed by atoms with Gasteiger partial charge in [-0.05, 0) is 40.8 Å². The van der Waals surface area contributed by atoms with Gasteiger partial charge < -0.3 is 4.90 Å². The fourth-order valence-electron chi connectivity index (χ4n) is 1.72. The second-order valence-electron chi connectivity index (χ2n) is 3.67. The van der Waals surface area contributed by atoms with Gasteiger partial charge in [-0.15, -0.1) is 12.3 Å². The van der Waals surface area contributed by atoms with E-state index in [1.807, 2.05) is 22.6 Å². The highest BCUT2D eigenvalue weighted by molar-refractivity contribution is 14.1. The van der Waals surface area contributed by atoms with Crippen LogP contribution in [0, 0.1) is 27.6 Å². The lowest BCUT2D eigenvalue weighted by atomic mass is 10.1. The summed E-state index contributed by atoms with van der Waals surface area (Å²) < 4.78 is 13.9. The lowest BCUT2D eigenvalue weighted by Gasteiger charge is -2.16. The third kappa shape index (κ3) is 2.05. The van der Waals surface area contributed by atoms with Crippen molar-refractivity contribution in [3.05, 3.63) is 27.6 Å². The molecule has 16 heavy (non-hydrogen) atoms. The van der Waals surface area contributed by atoms with E-state index >= 15 is 0 Å². The van der Waals surface area contributed by atoms with Gasteiger partial charge in [-0.2, -0.15) is 0 Å². The van der Waals surface area contributed by atoms with Crippen molar-refractivity contribution in [2.45, 2.75) is 6.42 Å². The highest BCUT2D eigenvalue weighted by atomic mass is 127. The molecule has 0 aliphatic carbocycles. The predicted molar refractivity (Wildman–Crippen MR) is 68.4 cm³/mol. The fraction of sp³-hybridized carbons (Fsp3) is 0.250. The van der Waals surface area contributed by atoms with Crippen LogP contribution in [0.5, 0.6) is 0 Å². The van der Waals surface area contributed by atoms with E-state index in [4.69, 9.17) is 6.42 Å². The van der Waals surface area contributed by atoms with Gasteiger partial charge in [0.05, 0.1) is 0 Å². The average molecular weight is 329 g/mol. The maximum atomic E-state index is 13.4. The minimum Gasteiger partial charge on any atom is -0.311 e. The number of anilines is 1. The molecule has 4 heteroatoms. The lowest BCUT2D eigenvalue weighted by molar-refractivity contribution is -0.117. The van der Waals surface area contributed by atoms with Gasteiger partial charge in [0.15, 0.2) is 0 Å². The summed E-state index contributed by atoms with van der Waals surface area (Å²) in [5.74, 6) is 2.15. The monoisotopic (exact) mass is 329 g/mol. The van der Waals surface area contributed by atoms with Crippen molar-refractivity contribution in [2.24, 2.45) is 5.92 Å². The molecule has 1 aromatic rings. The highest BCUT2D eigenvalue weighted by Crippen LogP contribution is 2.26. The van der Waals surface area contributed by atoms with Gasteiger partial charge in [-0.3, -0.25) is 4.79 Å². The van der Waals surface area contributed by atoms with Crippen molar-refractivity contribution in [2.75, 3.05) is 11.4 Å². The van der Waals surface area contributed by atoms with Crippen molar-refractivity contribution in [3.63, 3.8) is 0 Å². The van der Waals surface area contributed by atoms with Crippen molar-refractivity contribution in [1.29, 1.82) is 0 Å². The standard InChI is InChI=1S/C12H9FINO/c1-2-8-5-12(16)15(7-8)9-3-4-11(14)10(13)6-9/h1,3-4,6,8H,5,7H2. The third-order valence-corrected chi connectivity index (χ3v) is 3.45. The van der Waals surface area contributed by atoms with Crippen LogP contribution in [-0.2, 0) is 4.79 Å². The summed E-state index contributed by atoms with van der Waals surface area (Å²) in [6.07, 6.45) is 5.64. The van der Waals surface area contributed by atoms with Crippen molar-refractivity contribution >= 4 is 34.2 Å². The Balaban J connectivity index is 2.29. The molecule has 2 nitrogen and oxygen atoms in total. The van der Waals surface area contributed by atoms with Crippen LogP contribution in [-0.4, -0.2) is 12.5 Å². The fourth-order valence-corrected chi connectivity index (χ4v) is 2.06. The van der Waals surface area contributed by atoms with E-state index in [-0.39, 0.29) is 17.6 Å². The first-order chi connectivity index (χ1) is 7.61. The number of benzene rings is 1. The number of hydrogen-bond acceptors (Lipinski definition) is 1. The maximum Gasteiger partial charge on any atom is 0.228 e. The maximum absolute atomic E-state index is 13.4. The van der Waals surface area contributed by atoms with Gasteiger partial charge in [0.1, 0.15) is 5.82 Å². The number of hydrogen-bond donors (Lipinski definition) is 0. The van der Waals surface area contributed by atoms with Crippen molar-refractivity contribution < 1.29 is 9.18 Å². The first kappa shape index (κ1) is 11.4. The lowest BCUT2D eigenvalue weighted by Crippen LogP contribution is -2.24. The Bertz CT molecular complexity index is 480. The van der Waals surface area contributed by atoms with Crippen LogP contribution in [0.25, 0.3) is 0 Å². The molecule has 1 unspecified atom stereocenters. The molecule has 1 aromatic carbocycles. The number of nitrogens with zero attached hydrogens (tertiary/aromatic N) is 1. The summed E-state index contributed by atoms with van der Waals surface area (Å²) in [5.41, 5.74) is 0.584. The minimum atomic E-state index is -0.310. The van der Waals surface area contributed by atoms with Gasteiger partial charge >= 0.3 is 0 Å². The number of amides is 1. The molecule has 1 saturated heterocycles. The summed E-state index contributed by atoms with van der Waals surface area (Å²) in [4.78, 5) is 13.2. The second kappa shape index (κ2) is 4.42. The van der Waals surface area contributed by atoms with Crippen LogP contribution in [0.2, 0.25) is 0 Å². The summed E-state index contributed by atoms with van der Waals surface area (Å²) >= 11 is 1.91. The van der Waals surface area contributed by atoms with E-state index in [1.165, 1.54) is 6.07 Å². The Morgan fingerprint density at radius 1 is 1.56 bits per heavy atom. The Kier molecular flexibility index (Phi) is 3.15. The Morgan fingerprint density at radius 2 is 2.31 bits per heavy atom. The molecule has 82 valence electrons. The van der Waals surface area contributed by atoms with Crippen LogP contribution in [0.15, 0.2) is 18.2 Å². The molecule has 1 atom stereocenters. The summed E-state index contributed by atoms with van der Waals surface area (Å²) in [7, 11) is 0. The minimum absolute atomic E-state index is 0.0384. The average Bonchev–Trinajstić information content (AvgIpc) is 2.64. The van der Waals surface area contributed by atoms with Crippen molar-refractivity contribution in [3.8, 4) is 12.3 Å². The highest BCUT2D eigenvalue weighted by Gasteiger charge is 2.29.